The van der Waals surface area contributed by atoms with Crippen molar-refractivity contribution in [2.24, 2.45) is 0 Å². The Kier molecular flexibility index (Phi) is 7.94. The molecule has 0 radical (unpaired) electrons. The van der Waals surface area contributed by atoms with E-state index >= 15 is 0 Å². The molecule has 2 nitrogen and oxygen atoms in total. The zero-order valence-electron chi connectivity index (χ0n) is 15.1. The van der Waals surface area contributed by atoms with Gasteiger partial charge in [0.2, 0.25) is 0 Å². The van der Waals surface area contributed by atoms with Crippen LogP contribution in [0.1, 0.15) is 83.1 Å². The molecule has 0 heterocycles. The summed E-state index contributed by atoms with van der Waals surface area (Å²) in [6, 6.07) is 8.25. The Morgan fingerprint density at radius 2 is 1.26 bits per heavy atom. The predicted molar refractivity (Wildman–Crippen MR) is 97.0 cm³/mol. The lowest BCUT2D eigenvalue weighted by molar-refractivity contribution is -0.0577. The highest BCUT2D eigenvalue weighted by molar-refractivity contribution is 5.26. The van der Waals surface area contributed by atoms with E-state index in [1.54, 1.807) is 7.11 Å². The van der Waals surface area contributed by atoms with Crippen LogP contribution in [0.25, 0.3) is 0 Å². The van der Waals surface area contributed by atoms with Gasteiger partial charge in [0, 0.05) is 0 Å². The van der Waals surface area contributed by atoms with Gasteiger partial charge in [-0.05, 0) is 37.5 Å². The average Bonchev–Trinajstić information content (AvgIpc) is 2.57. The highest BCUT2D eigenvalue weighted by Crippen LogP contribution is 2.29. The van der Waals surface area contributed by atoms with Crippen molar-refractivity contribution in [2.45, 2.75) is 89.8 Å². The number of methoxy groups -OCH3 is 1. The molecule has 1 aromatic rings. The van der Waals surface area contributed by atoms with Crippen LogP contribution in [0.2, 0.25) is 0 Å². The van der Waals surface area contributed by atoms with Gasteiger partial charge in [-0.1, -0.05) is 69.9 Å². The van der Waals surface area contributed by atoms with E-state index in [9.17, 15) is 0 Å². The number of hydrogen-bond acceptors (Lipinski definition) is 2. The second kappa shape index (κ2) is 9.97. The van der Waals surface area contributed by atoms with Gasteiger partial charge < -0.3 is 9.47 Å². The first-order chi connectivity index (χ1) is 11.2. The molecule has 1 aliphatic rings. The molecule has 0 amide bonds. The van der Waals surface area contributed by atoms with E-state index in [1.165, 1.54) is 76.2 Å². The molecule has 0 aromatic heterocycles. The van der Waals surface area contributed by atoms with Crippen LogP contribution in [-0.2, 0) is 11.3 Å². The van der Waals surface area contributed by atoms with Crippen LogP contribution in [0.3, 0.4) is 0 Å². The topological polar surface area (TPSA) is 18.5 Å². The van der Waals surface area contributed by atoms with E-state index in [-0.39, 0.29) is 5.60 Å². The van der Waals surface area contributed by atoms with Crippen LogP contribution in [0.15, 0.2) is 24.3 Å². The maximum absolute atomic E-state index is 6.39. The van der Waals surface area contributed by atoms with E-state index in [0.717, 1.165) is 5.75 Å². The van der Waals surface area contributed by atoms with Gasteiger partial charge >= 0.3 is 0 Å². The van der Waals surface area contributed by atoms with E-state index in [4.69, 9.17) is 9.47 Å². The van der Waals surface area contributed by atoms with Gasteiger partial charge in [0.05, 0.1) is 19.3 Å². The Hall–Kier alpha value is -1.02. The highest BCUT2D eigenvalue weighted by atomic mass is 16.5. The Morgan fingerprint density at radius 1 is 0.783 bits per heavy atom. The number of ether oxygens (including phenoxy) is 2. The van der Waals surface area contributed by atoms with Crippen molar-refractivity contribution in [3.05, 3.63) is 29.8 Å². The Balaban J connectivity index is 1.86. The van der Waals surface area contributed by atoms with Gasteiger partial charge in [-0.2, -0.15) is 0 Å². The van der Waals surface area contributed by atoms with E-state index in [2.05, 4.69) is 19.1 Å². The molecule has 0 aliphatic heterocycles. The fraction of sp³-hybridized carbons (Fsp3) is 0.714. The average molecular weight is 319 g/mol. The largest absolute Gasteiger partial charge is 0.497 e. The summed E-state index contributed by atoms with van der Waals surface area (Å²) in [4.78, 5) is 0. The fourth-order valence-electron chi connectivity index (χ4n) is 3.48. The molecule has 1 saturated carbocycles. The summed E-state index contributed by atoms with van der Waals surface area (Å²) >= 11 is 0. The molecule has 2 rings (SSSR count). The van der Waals surface area contributed by atoms with Crippen molar-refractivity contribution in [1.82, 2.24) is 0 Å². The van der Waals surface area contributed by atoms with Crippen molar-refractivity contribution < 1.29 is 9.47 Å². The molecule has 2 heteroatoms. The summed E-state index contributed by atoms with van der Waals surface area (Å²) in [5.74, 6) is 0.908. The molecule has 130 valence electrons. The van der Waals surface area contributed by atoms with E-state index in [1.807, 2.05) is 12.1 Å². The molecule has 0 unspecified atom stereocenters. The summed E-state index contributed by atoms with van der Waals surface area (Å²) in [7, 11) is 1.71. The third-order valence-corrected chi connectivity index (χ3v) is 5.16. The van der Waals surface area contributed by atoms with Crippen molar-refractivity contribution in [2.75, 3.05) is 7.11 Å². The minimum atomic E-state index is 0.0408. The highest BCUT2D eigenvalue weighted by Gasteiger charge is 2.24. The SMILES string of the molecule is COc1ccc(COC2(C)CCCCCCCCCCC2)cc1. The van der Waals surface area contributed by atoms with Gasteiger partial charge in [0.25, 0.3) is 0 Å². The Morgan fingerprint density at radius 3 is 1.74 bits per heavy atom. The van der Waals surface area contributed by atoms with Gasteiger partial charge in [-0.15, -0.1) is 0 Å². The van der Waals surface area contributed by atoms with Crippen molar-refractivity contribution in [1.29, 1.82) is 0 Å². The summed E-state index contributed by atoms with van der Waals surface area (Å²) in [6.07, 6.45) is 14.8. The van der Waals surface area contributed by atoms with Crippen LogP contribution in [0, 0.1) is 0 Å². The molecule has 0 bridgehead atoms. The van der Waals surface area contributed by atoms with Crippen LogP contribution in [0.5, 0.6) is 5.75 Å². The van der Waals surface area contributed by atoms with Gasteiger partial charge in [0.1, 0.15) is 5.75 Å². The third kappa shape index (κ3) is 6.95. The van der Waals surface area contributed by atoms with Gasteiger partial charge in [0.15, 0.2) is 0 Å². The molecule has 0 saturated heterocycles. The van der Waals surface area contributed by atoms with E-state index in [0.29, 0.717) is 6.61 Å². The van der Waals surface area contributed by atoms with Crippen LogP contribution in [-0.4, -0.2) is 12.7 Å². The number of benzene rings is 1. The lowest BCUT2D eigenvalue weighted by Gasteiger charge is -2.31. The van der Waals surface area contributed by atoms with E-state index < -0.39 is 0 Å². The molecule has 1 fully saturated rings. The minimum absolute atomic E-state index is 0.0408. The second-order valence-corrected chi connectivity index (χ2v) is 7.27. The quantitative estimate of drug-likeness (QED) is 0.651. The first-order valence-electron chi connectivity index (χ1n) is 9.49. The summed E-state index contributed by atoms with van der Waals surface area (Å²) in [5.41, 5.74) is 1.28. The summed E-state index contributed by atoms with van der Waals surface area (Å²) in [6.45, 7) is 3.03. The lowest BCUT2D eigenvalue weighted by Crippen LogP contribution is -2.28. The molecule has 0 spiro atoms. The first-order valence-corrected chi connectivity index (χ1v) is 9.49. The van der Waals surface area contributed by atoms with Crippen molar-refractivity contribution in [3.63, 3.8) is 0 Å². The zero-order chi connectivity index (χ0) is 16.4. The molecular formula is C21H34O2. The molecule has 1 aromatic carbocycles. The van der Waals surface area contributed by atoms with Crippen LogP contribution in [0.4, 0.5) is 0 Å². The van der Waals surface area contributed by atoms with Gasteiger partial charge in [-0.3, -0.25) is 0 Å². The van der Waals surface area contributed by atoms with Crippen molar-refractivity contribution >= 4 is 0 Å². The molecule has 0 N–H and O–H groups in total. The zero-order valence-corrected chi connectivity index (χ0v) is 15.1. The lowest BCUT2D eigenvalue weighted by atomic mass is 9.90. The third-order valence-electron chi connectivity index (χ3n) is 5.16. The molecule has 1 aliphatic carbocycles. The maximum Gasteiger partial charge on any atom is 0.118 e. The second-order valence-electron chi connectivity index (χ2n) is 7.27. The minimum Gasteiger partial charge on any atom is -0.497 e. The monoisotopic (exact) mass is 318 g/mol. The molecular weight excluding hydrogens is 284 g/mol. The standard InChI is InChI=1S/C21H34O2/c1-21(23-18-19-12-14-20(22-2)15-13-19)16-10-8-6-4-3-5-7-9-11-17-21/h12-15H,3-11,16-18H2,1-2H3. The Bertz CT molecular complexity index is 412. The first kappa shape index (κ1) is 18.3. The van der Waals surface area contributed by atoms with Gasteiger partial charge in [-0.25, -0.2) is 0 Å². The predicted octanol–water partition coefficient (Wildman–Crippen LogP) is 6.28. The Labute approximate surface area is 142 Å². The van der Waals surface area contributed by atoms with Crippen LogP contribution >= 0.6 is 0 Å². The molecule has 23 heavy (non-hydrogen) atoms. The molecule has 0 atom stereocenters. The normalized spacial score (nSPS) is 20.3. The van der Waals surface area contributed by atoms with Crippen molar-refractivity contribution in [3.8, 4) is 5.75 Å². The smallest absolute Gasteiger partial charge is 0.118 e. The fourth-order valence-corrected chi connectivity index (χ4v) is 3.48. The maximum atomic E-state index is 6.39. The number of rotatable bonds is 4. The van der Waals surface area contributed by atoms with Crippen LogP contribution < -0.4 is 4.74 Å². The number of hydrogen-bond donors (Lipinski definition) is 0. The summed E-state index contributed by atoms with van der Waals surface area (Å²) in [5, 5.41) is 0. The summed E-state index contributed by atoms with van der Waals surface area (Å²) < 4.78 is 11.6.